The predicted octanol–water partition coefficient (Wildman–Crippen LogP) is -0.0448. The molecular weight excluding hydrogens is 298 g/mol. The second-order valence-corrected chi connectivity index (χ2v) is 5.67. The molecule has 3 N–H and O–H groups in total. The molecule has 0 atom stereocenters. The van der Waals surface area contributed by atoms with Gasteiger partial charge in [-0.1, -0.05) is 0 Å². The molecular formula is C15H21N5O3. The third kappa shape index (κ3) is 3.77. The van der Waals surface area contributed by atoms with Crippen molar-refractivity contribution in [1.29, 1.82) is 0 Å². The highest BCUT2D eigenvalue weighted by atomic mass is 16.2. The van der Waals surface area contributed by atoms with Gasteiger partial charge in [0.25, 0.3) is 5.56 Å². The van der Waals surface area contributed by atoms with E-state index in [1.807, 2.05) is 13.8 Å². The van der Waals surface area contributed by atoms with Crippen LogP contribution < -0.4 is 11.2 Å². The van der Waals surface area contributed by atoms with Gasteiger partial charge in [-0.15, -0.1) is 0 Å². The normalized spacial score (nSPS) is 10.8. The summed E-state index contributed by atoms with van der Waals surface area (Å²) >= 11 is 0. The predicted molar refractivity (Wildman–Crippen MR) is 85.5 cm³/mol. The maximum Gasteiger partial charge on any atom is 0.325 e. The van der Waals surface area contributed by atoms with Gasteiger partial charge in [-0.05, 0) is 32.8 Å². The van der Waals surface area contributed by atoms with Crippen LogP contribution in [-0.2, 0) is 17.6 Å². The van der Waals surface area contributed by atoms with Crippen molar-refractivity contribution >= 4 is 5.91 Å². The van der Waals surface area contributed by atoms with E-state index < -0.39 is 11.2 Å². The van der Waals surface area contributed by atoms with Crippen LogP contribution in [0.3, 0.4) is 0 Å². The molecule has 0 unspecified atom stereocenters. The lowest BCUT2D eigenvalue weighted by Crippen LogP contribution is -2.34. The largest absolute Gasteiger partial charge is 0.345 e. The van der Waals surface area contributed by atoms with Crippen LogP contribution in [0.25, 0.3) is 0 Å². The van der Waals surface area contributed by atoms with Crippen molar-refractivity contribution in [3.05, 3.63) is 49.0 Å². The van der Waals surface area contributed by atoms with Crippen molar-refractivity contribution in [2.24, 2.45) is 0 Å². The number of amides is 1. The van der Waals surface area contributed by atoms with Gasteiger partial charge in [0.05, 0.1) is 12.1 Å². The topological polar surface area (TPSA) is 115 Å². The molecule has 0 spiro atoms. The molecule has 0 aliphatic carbocycles. The molecule has 0 aliphatic heterocycles. The first-order valence-electron chi connectivity index (χ1n) is 7.36. The van der Waals surface area contributed by atoms with Crippen LogP contribution in [0, 0.1) is 20.8 Å². The average molecular weight is 319 g/mol. The molecule has 0 fully saturated rings. The second kappa shape index (κ2) is 6.64. The van der Waals surface area contributed by atoms with Gasteiger partial charge in [0.2, 0.25) is 5.91 Å². The maximum absolute atomic E-state index is 12.3. The highest BCUT2D eigenvalue weighted by Crippen LogP contribution is 2.10. The van der Waals surface area contributed by atoms with Gasteiger partial charge >= 0.3 is 5.69 Å². The van der Waals surface area contributed by atoms with Crippen LogP contribution >= 0.6 is 0 Å². The number of aryl methyl sites for hydroxylation is 3. The monoisotopic (exact) mass is 319 g/mol. The van der Waals surface area contributed by atoms with Crippen LogP contribution in [0.2, 0.25) is 0 Å². The van der Waals surface area contributed by atoms with E-state index in [9.17, 15) is 14.4 Å². The number of aromatic nitrogens is 4. The molecule has 1 amide bonds. The lowest BCUT2D eigenvalue weighted by atomic mass is 10.1. The van der Waals surface area contributed by atoms with E-state index in [-0.39, 0.29) is 17.9 Å². The number of carbonyl (C=O) groups excluding carboxylic acids is 1. The van der Waals surface area contributed by atoms with E-state index in [1.54, 1.807) is 18.9 Å². The van der Waals surface area contributed by atoms with Crippen molar-refractivity contribution < 1.29 is 4.79 Å². The molecule has 0 saturated carbocycles. The van der Waals surface area contributed by atoms with Gasteiger partial charge in [0, 0.05) is 30.5 Å². The molecule has 2 rings (SSSR count). The first kappa shape index (κ1) is 16.7. The van der Waals surface area contributed by atoms with Crippen molar-refractivity contribution in [2.75, 3.05) is 13.6 Å². The lowest BCUT2D eigenvalue weighted by Gasteiger charge is -2.17. The number of H-pyrrole nitrogens is 3. The van der Waals surface area contributed by atoms with Gasteiger partial charge in [-0.3, -0.25) is 19.7 Å². The fourth-order valence-corrected chi connectivity index (χ4v) is 2.47. The zero-order valence-electron chi connectivity index (χ0n) is 13.7. The number of rotatable bonds is 5. The number of nitrogens with one attached hydrogen (secondary N) is 3. The maximum atomic E-state index is 12.3. The molecule has 0 aliphatic rings. The molecule has 2 aromatic heterocycles. The van der Waals surface area contributed by atoms with E-state index in [2.05, 4.69) is 20.2 Å². The molecule has 8 nitrogen and oxygen atoms in total. The fraction of sp³-hybridized carbons (Fsp3) is 0.467. The SMILES string of the molecule is Cc1n[nH]c(C)c1CCN(C)C(=O)Cc1c(C)[nH]c(=O)[nH]c1=O. The number of aromatic amines is 3. The fourth-order valence-electron chi connectivity index (χ4n) is 2.47. The number of nitrogens with zero attached hydrogens (tertiary/aromatic N) is 2. The van der Waals surface area contributed by atoms with Crippen LogP contribution in [0.15, 0.2) is 9.59 Å². The second-order valence-electron chi connectivity index (χ2n) is 5.67. The molecule has 8 heteroatoms. The zero-order valence-corrected chi connectivity index (χ0v) is 13.7. The van der Waals surface area contributed by atoms with Crippen molar-refractivity contribution in [3.8, 4) is 0 Å². The van der Waals surface area contributed by atoms with E-state index in [1.165, 1.54) is 0 Å². The number of carbonyl (C=O) groups is 1. The Morgan fingerprint density at radius 2 is 1.78 bits per heavy atom. The minimum Gasteiger partial charge on any atom is -0.345 e. The molecule has 0 aromatic carbocycles. The Balaban J connectivity index is 2.04. The van der Waals surface area contributed by atoms with Gasteiger partial charge in [-0.2, -0.15) is 5.10 Å². The van der Waals surface area contributed by atoms with Gasteiger partial charge < -0.3 is 9.88 Å². The van der Waals surface area contributed by atoms with Crippen LogP contribution in [0.4, 0.5) is 0 Å². The van der Waals surface area contributed by atoms with Crippen molar-refractivity contribution in [3.63, 3.8) is 0 Å². The van der Waals surface area contributed by atoms with E-state index >= 15 is 0 Å². The van der Waals surface area contributed by atoms with E-state index in [4.69, 9.17) is 0 Å². The Bertz CT molecular complexity index is 811. The molecule has 124 valence electrons. The van der Waals surface area contributed by atoms with Crippen molar-refractivity contribution in [1.82, 2.24) is 25.1 Å². The highest BCUT2D eigenvalue weighted by molar-refractivity contribution is 5.78. The highest BCUT2D eigenvalue weighted by Gasteiger charge is 2.16. The van der Waals surface area contributed by atoms with Crippen LogP contribution in [-0.4, -0.2) is 44.6 Å². The summed E-state index contributed by atoms with van der Waals surface area (Å²) in [7, 11) is 1.70. The number of hydrogen-bond acceptors (Lipinski definition) is 4. The van der Waals surface area contributed by atoms with Gasteiger partial charge in [-0.25, -0.2) is 4.79 Å². The molecule has 0 saturated heterocycles. The average Bonchev–Trinajstić information content (AvgIpc) is 2.79. The molecule has 2 aromatic rings. The summed E-state index contributed by atoms with van der Waals surface area (Å²) in [5, 5.41) is 7.05. The summed E-state index contributed by atoms with van der Waals surface area (Å²) in [4.78, 5) is 41.5. The van der Waals surface area contributed by atoms with E-state index in [0.29, 0.717) is 18.7 Å². The quantitative estimate of drug-likeness (QED) is 0.717. The summed E-state index contributed by atoms with van der Waals surface area (Å²) in [6.07, 6.45) is 0.648. The smallest absolute Gasteiger partial charge is 0.325 e. The lowest BCUT2D eigenvalue weighted by molar-refractivity contribution is -0.129. The summed E-state index contributed by atoms with van der Waals surface area (Å²) < 4.78 is 0. The number of hydrogen-bond donors (Lipinski definition) is 3. The Morgan fingerprint density at radius 1 is 1.09 bits per heavy atom. The van der Waals surface area contributed by atoms with Gasteiger partial charge in [0.15, 0.2) is 0 Å². The molecule has 0 radical (unpaired) electrons. The molecule has 23 heavy (non-hydrogen) atoms. The molecule has 0 bridgehead atoms. The first-order chi connectivity index (χ1) is 10.8. The summed E-state index contributed by atoms with van der Waals surface area (Å²) in [5.74, 6) is -0.176. The van der Waals surface area contributed by atoms with Crippen LogP contribution in [0.5, 0.6) is 0 Å². The third-order valence-corrected chi connectivity index (χ3v) is 3.99. The van der Waals surface area contributed by atoms with Crippen molar-refractivity contribution in [2.45, 2.75) is 33.6 Å². The molecule has 2 heterocycles. The summed E-state index contributed by atoms with van der Waals surface area (Å²) in [6.45, 7) is 6.00. The summed E-state index contributed by atoms with van der Waals surface area (Å²) in [6, 6.07) is 0. The zero-order chi connectivity index (χ0) is 17.1. The van der Waals surface area contributed by atoms with Gasteiger partial charge in [0.1, 0.15) is 0 Å². The third-order valence-electron chi connectivity index (χ3n) is 3.99. The summed E-state index contributed by atoms with van der Waals surface area (Å²) in [5.41, 5.74) is 2.65. The Hall–Kier alpha value is -2.64. The Labute approximate surface area is 132 Å². The van der Waals surface area contributed by atoms with Crippen LogP contribution in [0.1, 0.15) is 28.2 Å². The number of likely N-dealkylation sites (N-methyl/N-ethyl adjacent to an activating group) is 1. The minimum atomic E-state index is -0.567. The van der Waals surface area contributed by atoms with E-state index in [0.717, 1.165) is 17.0 Å². The standard InChI is InChI=1S/C15H21N5O3/c1-8-12(14(22)17-15(23)16-8)7-13(21)20(4)6-5-11-9(2)18-19-10(11)3/h5-7H2,1-4H3,(H,18,19)(H2,16,17,22,23). The Morgan fingerprint density at radius 3 is 2.35 bits per heavy atom. The Kier molecular flexibility index (Phi) is 4.83. The first-order valence-corrected chi connectivity index (χ1v) is 7.36. The minimum absolute atomic E-state index is 0.0439.